The van der Waals surface area contributed by atoms with Gasteiger partial charge in [0.2, 0.25) is 0 Å². The molecule has 0 aliphatic rings. The van der Waals surface area contributed by atoms with E-state index in [1.165, 1.54) is 13.3 Å². The standard InChI is InChI=1S/C30H20BrClIN3O4/c1-39-21-6-4-5-17(14-21)30(38)40-26-12-9-19(31)13-18(26)16-34-36-29(37)28-27(22-7-2-3-8-24(22)32)23-15-20(33)10-11-25(23)35-28/h2-16,35H,1H3,(H,36,37). The molecule has 10 heteroatoms. The molecule has 0 saturated heterocycles. The van der Waals surface area contributed by atoms with Crippen LogP contribution >= 0.6 is 50.1 Å². The highest BCUT2D eigenvalue weighted by molar-refractivity contribution is 14.1. The van der Waals surface area contributed by atoms with Gasteiger partial charge < -0.3 is 14.5 Å². The third-order valence-electron chi connectivity index (χ3n) is 5.98. The summed E-state index contributed by atoms with van der Waals surface area (Å²) in [4.78, 5) is 29.3. The predicted molar refractivity (Wildman–Crippen MR) is 169 cm³/mol. The van der Waals surface area contributed by atoms with Gasteiger partial charge in [0.1, 0.15) is 17.2 Å². The Labute approximate surface area is 256 Å². The number of nitrogens with zero attached hydrogens (tertiary/aromatic N) is 1. The monoisotopic (exact) mass is 727 g/mol. The third-order valence-corrected chi connectivity index (χ3v) is 7.47. The van der Waals surface area contributed by atoms with Crippen molar-refractivity contribution in [2.45, 2.75) is 0 Å². The summed E-state index contributed by atoms with van der Waals surface area (Å²) < 4.78 is 12.6. The maximum Gasteiger partial charge on any atom is 0.343 e. The molecule has 0 radical (unpaired) electrons. The van der Waals surface area contributed by atoms with E-state index in [4.69, 9.17) is 21.1 Å². The Morgan fingerprint density at radius 1 is 1.02 bits per heavy atom. The number of hydrazone groups is 1. The van der Waals surface area contributed by atoms with Crippen LogP contribution in [0.1, 0.15) is 26.4 Å². The highest BCUT2D eigenvalue weighted by Gasteiger charge is 2.21. The maximum absolute atomic E-state index is 13.4. The maximum atomic E-state index is 13.4. The van der Waals surface area contributed by atoms with Gasteiger partial charge in [-0.05, 0) is 83.3 Å². The van der Waals surface area contributed by atoms with Gasteiger partial charge in [-0.3, -0.25) is 4.79 Å². The number of nitrogens with one attached hydrogen (secondary N) is 2. The van der Waals surface area contributed by atoms with Gasteiger partial charge in [0.25, 0.3) is 5.91 Å². The Kier molecular flexibility index (Phi) is 8.53. The van der Waals surface area contributed by atoms with Crippen molar-refractivity contribution in [1.29, 1.82) is 0 Å². The molecule has 0 atom stereocenters. The quantitative estimate of drug-likeness (QED) is 0.0588. The normalized spacial score (nSPS) is 11.1. The van der Waals surface area contributed by atoms with Gasteiger partial charge in [0.05, 0.1) is 18.9 Å². The number of hydrogen-bond donors (Lipinski definition) is 2. The second-order valence-electron chi connectivity index (χ2n) is 8.55. The zero-order valence-corrected chi connectivity index (χ0v) is 25.4. The zero-order chi connectivity index (χ0) is 28.2. The van der Waals surface area contributed by atoms with Crippen molar-refractivity contribution < 1.29 is 19.1 Å². The lowest BCUT2D eigenvalue weighted by Crippen LogP contribution is -2.19. The van der Waals surface area contributed by atoms with Crippen LogP contribution in [0.4, 0.5) is 0 Å². The number of halogens is 3. The zero-order valence-electron chi connectivity index (χ0n) is 20.9. The van der Waals surface area contributed by atoms with Crippen molar-refractivity contribution in [3.63, 3.8) is 0 Å². The molecule has 7 nitrogen and oxygen atoms in total. The summed E-state index contributed by atoms with van der Waals surface area (Å²) in [6.45, 7) is 0. The number of fused-ring (bicyclic) bond motifs is 1. The topological polar surface area (TPSA) is 92.8 Å². The second-order valence-corrected chi connectivity index (χ2v) is 11.1. The number of aromatic amines is 1. The number of carbonyl (C=O) groups is 2. The first-order valence-electron chi connectivity index (χ1n) is 11.9. The van der Waals surface area contributed by atoms with Gasteiger partial charge in [-0.15, -0.1) is 0 Å². The van der Waals surface area contributed by atoms with Gasteiger partial charge >= 0.3 is 5.97 Å². The summed E-state index contributed by atoms with van der Waals surface area (Å²) in [5.41, 5.74) is 5.91. The van der Waals surface area contributed by atoms with Crippen LogP contribution in [0.3, 0.4) is 0 Å². The average molecular weight is 729 g/mol. The Morgan fingerprint density at radius 2 is 1.85 bits per heavy atom. The number of H-pyrrole nitrogens is 1. The average Bonchev–Trinajstić information content (AvgIpc) is 3.33. The van der Waals surface area contributed by atoms with E-state index in [9.17, 15) is 9.59 Å². The number of rotatable bonds is 7. The van der Waals surface area contributed by atoms with E-state index < -0.39 is 11.9 Å². The first kappa shape index (κ1) is 27.9. The molecule has 0 unspecified atom stereocenters. The highest BCUT2D eigenvalue weighted by Crippen LogP contribution is 2.37. The summed E-state index contributed by atoms with van der Waals surface area (Å²) in [7, 11) is 1.52. The number of aromatic nitrogens is 1. The summed E-state index contributed by atoms with van der Waals surface area (Å²) in [5.74, 6) is -0.206. The first-order valence-corrected chi connectivity index (χ1v) is 14.1. The number of ether oxygens (including phenoxy) is 2. The van der Waals surface area contributed by atoms with Crippen molar-refractivity contribution in [2.75, 3.05) is 7.11 Å². The minimum absolute atomic E-state index is 0.269. The summed E-state index contributed by atoms with van der Waals surface area (Å²) >= 11 is 12.2. The molecule has 0 bridgehead atoms. The summed E-state index contributed by atoms with van der Waals surface area (Å²) in [6.07, 6.45) is 1.41. The molecule has 1 heterocycles. The van der Waals surface area contributed by atoms with Crippen molar-refractivity contribution >= 4 is 79.1 Å². The van der Waals surface area contributed by atoms with Crippen LogP contribution in [0.15, 0.2) is 94.5 Å². The fourth-order valence-corrected chi connectivity index (χ4v) is 5.22. The van der Waals surface area contributed by atoms with E-state index in [1.54, 1.807) is 48.5 Å². The van der Waals surface area contributed by atoms with Crippen LogP contribution in [0.5, 0.6) is 11.5 Å². The molecule has 0 aliphatic carbocycles. The van der Waals surface area contributed by atoms with Crippen LogP contribution in [0, 0.1) is 3.57 Å². The van der Waals surface area contributed by atoms with E-state index in [1.807, 2.05) is 36.4 Å². The lowest BCUT2D eigenvalue weighted by atomic mass is 10.0. The predicted octanol–water partition coefficient (Wildman–Crippen LogP) is 7.85. The van der Waals surface area contributed by atoms with E-state index in [2.05, 4.69) is 54.0 Å². The molecule has 200 valence electrons. The molecule has 2 N–H and O–H groups in total. The highest BCUT2D eigenvalue weighted by atomic mass is 127. The number of benzene rings is 4. The molecule has 0 fully saturated rings. The van der Waals surface area contributed by atoms with Gasteiger partial charge in [-0.2, -0.15) is 5.10 Å². The van der Waals surface area contributed by atoms with Crippen molar-refractivity contribution in [3.05, 3.63) is 115 Å². The van der Waals surface area contributed by atoms with Crippen molar-refractivity contribution in [2.24, 2.45) is 5.10 Å². The molecule has 4 aromatic carbocycles. The fraction of sp³-hybridized carbons (Fsp3) is 0.0333. The van der Waals surface area contributed by atoms with Crippen LogP contribution < -0.4 is 14.9 Å². The number of esters is 1. The van der Waals surface area contributed by atoms with Gasteiger partial charge in [-0.25, -0.2) is 10.2 Å². The summed E-state index contributed by atoms with van der Waals surface area (Å²) in [5, 5.41) is 5.55. The van der Waals surface area contributed by atoms with Crippen LogP contribution in [-0.4, -0.2) is 30.2 Å². The van der Waals surface area contributed by atoms with Crippen LogP contribution in [-0.2, 0) is 0 Å². The molecule has 5 aromatic rings. The van der Waals surface area contributed by atoms with E-state index in [0.29, 0.717) is 33.2 Å². The number of hydrogen-bond acceptors (Lipinski definition) is 5. The van der Waals surface area contributed by atoms with E-state index in [-0.39, 0.29) is 5.75 Å². The van der Waals surface area contributed by atoms with Crippen LogP contribution in [0.2, 0.25) is 5.02 Å². The molecular weight excluding hydrogens is 709 g/mol. The van der Waals surface area contributed by atoms with Crippen LogP contribution in [0.25, 0.3) is 22.0 Å². The Hall–Kier alpha value is -3.67. The molecule has 0 saturated carbocycles. The SMILES string of the molecule is COc1cccc(C(=O)Oc2ccc(Br)cc2C=NNC(=O)c2[nH]c3ccc(I)cc3c2-c2ccccc2Cl)c1. The van der Waals surface area contributed by atoms with Crippen molar-refractivity contribution in [1.82, 2.24) is 10.4 Å². The number of carbonyl (C=O) groups excluding carboxylic acids is 2. The molecule has 1 aromatic heterocycles. The first-order chi connectivity index (χ1) is 19.3. The number of methoxy groups -OCH3 is 1. The lowest BCUT2D eigenvalue weighted by molar-refractivity contribution is 0.0733. The molecular formula is C30H20BrClIN3O4. The Morgan fingerprint density at radius 3 is 2.65 bits per heavy atom. The second kappa shape index (κ2) is 12.2. The number of amides is 1. The minimum Gasteiger partial charge on any atom is -0.497 e. The van der Waals surface area contributed by atoms with E-state index >= 15 is 0 Å². The van der Waals surface area contributed by atoms with Gasteiger partial charge in [-0.1, -0.05) is 51.8 Å². The van der Waals surface area contributed by atoms with Gasteiger partial charge in [0, 0.05) is 40.7 Å². The Balaban J connectivity index is 1.42. The van der Waals surface area contributed by atoms with Crippen molar-refractivity contribution in [3.8, 4) is 22.6 Å². The molecule has 1 amide bonds. The van der Waals surface area contributed by atoms with E-state index in [0.717, 1.165) is 24.5 Å². The molecule has 5 rings (SSSR count). The largest absolute Gasteiger partial charge is 0.497 e. The van der Waals surface area contributed by atoms with Gasteiger partial charge in [0.15, 0.2) is 0 Å². The summed E-state index contributed by atoms with van der Waals surface area (Å²) in [6, 6.07) is 25.0. The smallest absolute Gasteiger partial charge is 0.343 e. The molecule has 0 spiro atoms. The lowest BCUT2D eigenvalue weighted by Gasteiger charge is -2.09. The molecule has 40 heavy (non-hydrogen) atoms. The minimum atomic E-state index is -0.558. The fourth-order valence-electron chi connectivity index (χ4n) is 4.12. The molecule has 0 aliphatic heterocycles. The third kappa shape index (κ3) is 6.06. The Bertz CT molecular complexity index is 1790.